The third-order valence-corrected chi connectivity index (χ3v) is 3.86. The van der Waals surface area contributed by atoms with Crippen LogP contribution in [0.2, 0.25) is 0 Å². The maximum Gasteiger partial charge on any atom is 0.316 e. The third kappa shape index (κ3) is 4.08. The summed E-state index contributed by atoms with van der Waals surface area (Å²) in [4.78, 5) is 25.0. The van der Waals surface area contributed by atoms with Gasteiger partial charge in [-0.2, -0.15) is 0 Å². The highest BCUT2D eigenvalue weighted by Crippen LogP contribution is 2.19. The van der Waals surface area contributed by atoms with E-state index < -0.39 is 6.03 Å². The molecule has 114 valence electrons. The fourth-order valence-corrected chi connectivity index (χ4v) is 2.46. The molecule has 3 N–H and O–H groups in total. The molecule has 0 spiro atoms. The lowest BCUT2D eigenvalue weighted by molar-refractivity contribution is 0.0785. The van der Waals surface area contributed by atoms with Crippen molar-refractivity contribution in [3.8, 4) is 0 Å². The van der Waals surface area contributed by atoms with Crippen LogP contribution in [0.4, 0.5) is 10.5 Å². The first-order chi connectivity index (χ1) is 10.5. The molecule has 0 bridgehead atoms. The molecule has 0 aromatic heterocycles. The van der Waals surface area contributed by atoms with Crippen molar-refractivity contribution in [2.24, 2.45) is 5.73 Å². The van der Waals surface area contributed by atoms with Crippen LogP contribution in [0.1, 0.15) is 15.9 Å². The van der Waals surface area contributed by atoms with Gasteiger partial charge in [-0.25, -0.2) is 4.79 Å². The summed E-state index contributed by atoms with van der Waals surface area (Å²) in [5.74, 6) is -0.135. The third-order valence-electron chi connectivity index (χ3n) is 3.09. The molecule has 0 fully saturated rings. The van der Waals surface area contributed by atoms with Gasteiger partial charge >= 0.3 is 6.03 Å². The van der Waals surface area contributed by atoms with Crippen LogP contribution >= 0.6 is 15.9 Å². The standard InChI is InChI=1S/C16H16BrN3O2/c1-20(10-12-5-2-3-8-14(12)17)15(21)11-6-4-7-13(9-11)19-16(18)22/h2-9H,10H2,1H3,(H3,18,19,22). The van der Waals surface area contributed by atoms with E-state index in [1.165, 1.54) is 0 Å². The number of amides is 3. The molecule has 0 aliphatic rings. The zero-order valence-electron chi connectivity index (χ0n) is 12.0. The second kappa shape index (κ2) is 7.09. The van der Waals surface area contributed by atoms with Crippen LogP contribution in [0, 0.1) is 0 Å². The van der Waals surface area contributed by atoms with Gasteiger partial charge in [-0.3, -0.25) is 4.79 Å². The number of nitrogens with zero attached hydrogens (tertiary/aromatic N) is 1. The molecule has 2 aromatic rings. The minimum absolute atomic E-state index is 0.135. The Morgan fingerprint density at radius 3 is 2.59 bits per heavy atom. The Bertz CT molecular complexity index is 703. The summed E-state index contributed by atoms with van der Waals surface area (Å²) in [6.07, 6.45) is 0. The molecular formula is C16H16BrN3O2. The Kier molecular flexibility index (Phi) is 5.16. The van der Waals surface area contributed by atoms with Gasteiger partial charge in [-0.15, -0.1) is 0 Å². The van der Waals surface area contributed by atoms with Crippen molar-refractivity contribution in [3.05, 3.63) is 64.1 Å². The van der Waals surface area contributed by atoms with Crippen molar-refractivity contribution >= 4 is 33.6 Å². The minimum Gasteiger partial charge on any atom is -0.351 e. The SMILES string of the molecule is CN(Cc1ccccc1Br)C(=O)c1cccc(NC(N)=O)c1. The molecule has 2 rings (SSSR count). The summed E-state index contributed by atoms with van der Waals surface area (Å²) in [5, 5.41) is 2.46. The molecule has 0 saturated heterocycles. The molecule has 0 heterocycles. The average molecular weight is 362 g/mol. The first-order valence-electron chi connectivity index (χ1n) is 6.63. The Balaban J connectivity index is 2.13. The predicted molar refractivity (Wildman–Crippen MR) is 89.6 cm³/mol. The van der Waals surface area contributed by atoms with E-state index in [1.54, 1.807) is 36.2 Å². The van der Waals surface area contributed by atoms with E-state index in [9.17, 15) is 9.59 Å². The predicted octanol–water partition coefficient (Wildman–Crippen LogP) is 3.21. The van der Waals surface area contributed by atoms with Gasteiger partial charge < -0.3 is 16.0 Å². The Morgan fingerprint density at radius 2 is 1.91 bits per heavy atom. The van der Waals surface area contributed by atoms with Gasteiger partial charge in [0.15, 0.2) is 0 Å². The Morgan fingerprint density at radius 1 is 1.18 bits per heavy atom. The van der Waals surface area contributed by atoms with Gasteiger partial charge in [0.25, 0.3) is 5.91 Å². The Labute approximate surface area is 137 Å². The van der Waals surface area contributed by atoms with E-state index in [-0.39, 0.29) is 5.91 Å². The Hall–Kier alpha value is -2.34. The van der Waals surface area contributed by atoms with E-state index in [0.717, 1.165) is 10.0 Å². The normalized spacial score (nSPS) is 10.1. The number of anilines is 1. The highest BCUT2D eigenvalue weighted by atomic mass is 79.9. The summed E-state index contributed by atoms with van der Waals surface area (Å²) in [5.41, 5.74) is 7.08. The summed E-state index contributed by atoms with van der Waals surface area (Å²) in [6, 6.07) is 13.8. The number of nitrogens with two attached hydrogens (primary N) is 1. The zero-order chi connectivity index (χ0) is 16.1. The number of hydrogen-bond donors (Lipinski definition) is 2. The van der Waals surface area contributed by atoms with E-state index in [2.05, 4.69) is 21.2 Å². The topological polar surface area (TPSA) is 75.4 Å². The molecular weight excluding hydrogens is 346 g/mol. The van der Waals surface area contributed by atoms with Crippen molar-refractivity contribution in [1.29, 1.82) is 0 Å². The van der Waals surface area contributed by atoms with Crippen molar-refractivity contribution in [2.45, 2.75) is 6.54 Å². The number of urea groups is 1. The van der Waals surface area contributed by atoms with E-state index >= 15 is 0 Å². The quantitative estimate of drug-likeness (QED) is 0.876. The number of carbonyl (C=O) groups is 2. The fraction of sp³-hybridized carbons (Fsp3) is 0.125. The molecule has 0 unspecified atom stereocenters. The van der Waals surface area contributed by atoms with E-state index in [4.69, 9.17) is 5.73 Å². The average Bonchev–Trinajstić information content (AvgIpc) is 2.48. The molecule has 0 saturated carbocycles. The molecule has 0 radical (unpaired) electrons. The molecule has 2 aromatic carbocycles. The van der Waals surface area contributed by atoms with Crippen molar-refractivity contribution in [1.82, 2.24) is 4.90 Å². The van der Waals surface area contributed by atoms with Crippen LogP contribution in [0.3, 0.4) is 0 Å². The molecule has 5 nitrogen and oxygen atoms in total. The smallest absolute Gasteiger partial charge is 0.316 e. The maximum atomic E-state index is 12.5. The lowest BCUT2D eigenvalue weighted by Crippen LogP contribution is -2.26. The summed E-state index contributed by atoms with van der Waals surface area (Å²) in [7, 11) is 1.73. The summed E-state index contributed by atoms with van der Waals surface area (Å²) < 4.78 is 0.957. The van der Waals surface area contributed by atoms with Crippen LogP contribution in [-0.2, 0) is 6.54 Å². The van der Waals surface area contributed by atoms with E-state index in [1.807, 2.05) is 24.3 Å². The van der Waals surface area contributed by atoms with Gasteiger partial charge in [0, 0.05) is 29.3 Å². The monoisotopic (exact) mass is 361 g/mol. The summed E-state index contributed by atoms with van der Waals surface area (Å²) in [6.45, 7) is 0.480. The van der Waals surface area contributed by atoms with Crippen LogP contribution < -0.4 is 11.1 Å². The van der Waals surface area contributed by atoms with Crippen LogP contribution in [0.15, 0.2) is 53.0 Å². The highest BCUT2D eigenvalue weighted by Gasteiger charge is 2.13. The van der Waals surface area contributed by atoms with Crippen molar-refractivity contribution in [2.75, 3.05) is 12.4 Å². The van der Waals surface area contributed by atoms with Gasteiger partial charge in [0.05, 0.1) is 0 Å². The first-order valence-corrected chi connectivity index (χ1v) is 7.42. The number of rotatable bonds is 4. The molecule has 0 atom stereocenters. The lowest BCUT2D eigenvalue weighted by Gasteiger charge is -2.18. The molecule has 0 aliphatic carbocycles. The largest absolute Gasteiger partial charge is 0.351 e. The van der Waals surface area contributed by atoms with Gasteiger partial charge in [-0.1, -0.05) is 40.2 Å². The molecule has 0 aliphatic heterocycles. The number of nitrogens with one attached hydrogen (secondary N) is 1. The van der Waals surface area contributed by atoms with E-state index in [0.29, 0.717) is 17.8 Å². The second-order valence-electron chi connectivity index (χ2n) is 4.82. The number of primary amides is 1. The fourth-order valence-electron chi connectivity index (χ4n) is 2.05. The maximum absolute atomic E-state index is 12.5. The molecule has 3 amide bonds. The van der Waals surface area contributed by atoms with Crippen LogP contribution in [0.25, 0.3) is 0 Å². The number of hydrogen-bond acceptors (Lipinski definition) is 2. The van der Waals surface area contributed by atoms with Crippen LogP contribution in [-0.4, -0.2) is 23.9 Å². The van der Waals surface area contributed by atoms with Crippen LogP contribution in [0.5, 0.6) is 0 Å². The second-order valence-corrected chi connectivity index (χ2v) is 5.68. The highest BCUT2D eigenvalue weighted by molar-refractivity contribution is 9.10. The summed E-state index contributed by atoms with van der Waals surface area (Å²) >= 11 is 3.47. The van der Waals surface area contributed by atoms with Gasteiger partial charge in [0.2, 0.25) is 0 Å². The van der Waals surface area contributed by atoms with Gasteiger partial charge in [0.1, 0.15) is 0 Å². The number of carbonyl (C=O) groups excluding carboxylic acids is 2. The number of halogens is 1. The minimum atomic E-state index is -0.661. The zero-order valence-corrected chi connectivity index (χ0v) is 13.6. The first kappa shape index (κ1) is 16.0. The molecule has 6 heteroatoms. The van der Waals surface area contributed by atoms with Gasteiger partial charge in [-0.05, 0) is 29.8 Å². The lowest BCUT2D eigenvalue weighted by atomic mass is 10.1. The molecule has 22 heavy (non-hydrogen) atoms. The van der Waals surface area contributed by atoms with Crippen molar-refractivity contribution < 1.29 is 9.59 Å². The van der Waals surface area contributed by atoms with Crippen molar-refractivity contribution in [3.63, 3.8) is 0 Å². The number of benzene rings is 2.